The Hall–Kier alpha value is -0.0400. The lowest BCUT2D eigenvalue weighted by Gasteiger charge is -2.67. The lowest BCUT2D eigenvalue weighted by molar-refractivity contribution is -0.224. The van der Waals surface area contributed by atoms with Crippen LogP contribution in [0.25, 0.3) is 0 Å². The summed E-state index contributed by atoms with van der Waals surface area (Å²) in [6.45, 7) is 9.52. The van der Waals surface area contributed by atoms with E-state index in [4.69, 9.17) is 0 Å². The molecule has 0 amide bonds. The predicted molar refractivity (Wildman–Crippen MR) is 70.7 cm³/mol. The molecule has 0 heterocycles. The lowest BCUT2D eigenvalue weighted by atomic mass is 9.39. The first-order valence-corrected chi connectivity index (χ1v) is 7.52. The van der Waals surface area contributed by atoms with Crippen molar-refractivity contribution in [2.45, 2.75) is 71.8 Å². The smallest absolute Gasteiger partial charge is 0.0661 e. The third kappa shape index (κ3) is 1.54. The van der Waals surface area contributed by atoms with E-state index in [1.54, 1.807) is 0 Å². The Balaban J connectivity index is 2.03. The Morgan fingerprint density at radius 1 is 0.824 bits per heavy atom. The van der Waals surface area contributed by atoms with Crippen LogP contribution in [-0.2, 0) is 0 Å². The summed E-state index contributed by atoms with van der Waals surface area (Å²) in [6, 6.07) is 0. The zero-order valence-corrected chi connectivity index (χ0v) is 11.9. The summed E-state index contributed by atoms with van der Waals surface area (Å²) >= 11 is 0. The molecule has 1 heteroatoms. The fourth-order valence-corrected chi connectivity index (χ4v) is 5.82. The molecule has 0 spiro atoms. The van der Waals surface area contributed by atoms with Gasteiger partial charge in [-0.2, -0.15) is 0 Å². The van der Waals surface area contributed by atoms with E-state index in [0.717, 1.165) is 37.0 Å². The quantitative estimate of drug-likeness (QED) is 0.768. The monoisotopic (exact) mass is 236 g/mol. The Bertz CT molecular complexity index is 306. The van der Waals surface area contributed by atoms with Gasteiger partial charge in [0.05, 0.1) is 5.60 Å². The number of rotatable bonds is 2. The maximum Gasteiger partial charge on any atom is 0.0661 e. The molecule has 4 aliphatic rings. The minimum absolute atomic E-state index is 0.312. The molecule has 4 saturated carbocycles. The van der Waals surface area contributed by atoms with Gasteiger partial charge < -0.3 is 5.11 Å². The summed E-state index contributed by atoms with van der Waals surface area (Å²) in [4.78, 5) is 0. The highest BCUT2D eigenvalue weighted by Crippen LogP contribution is 2.70. The molecule has 1 nitrogen and oxygen atoms in total. The average Bonchev–Trinajstić information content (AvgIpc) is 2.12. The molecule has 0 aromatic rings. The minimum Gasteiger partial charge on any atom is -0.390 e. The van der Waals surface area contributed by atoms with Crippen molar-refractivity contribution in [2.75, 3.05) is 0 Å². The standard InChI is InChI=1S/C16H28O/c1-11(2)14-5-13-6-15(8-14,12(3)4)10-16(17,7-13)9-14/h11-13,17H,5-10H2,1-4H3. The second kappa shape index (κ2) is 3.29. The first-order valence-electron chi connectivity index (χ1n) is 7.52. The van der Waals surface area contributed by atoms with Gasteiger partial charge in [0.25, 0.3) is 0 Å². The first-order chi connectivity index (χ1) is 7.79. The summed E-state index contributed by atoms with van der Waals surface area (Å²) in [5.74, 6) is 2.27. The van der Waals surface area contributed by atoms with Gasteiger partial charge in [0.1, 0.15) is 0 Å². The Kier molecular flexibility index (Phi) is 2.32. The van der Waals surface area contributed by atoms with Gasteiger partial charge in [-0.15, -0.1) is 0 Å². The molecule has 0 aromatic carbocycles. The van der Waals surface area contributed by atoms with Crippen LogP contribution in [0.4, 0.5) is 0 Å². The lowest BCUT2D eigenvalue weighted by Crippen LogP contribution is -2.62. The molecular weight excluding hydrogens is 208 g/mol. The van der Waals surface area contributed by atoms with Crippen molar-refractivity contribution in [3.05, 3.63) is 0 Å². The number of hydrogen-bond donors (Lipinski definition) is 1. The van der Waals surface area contributed by atoms with E-state index in [1.165, 1.54) is 19.3 Å². The molecule has 0 aromatic heterocycles. The number of aliphatic hydroxyl groups is 1. The molecule has 1 N–H and O–H groups in total. The first kappa shape index (κ1) is 12.0. The normalized spacial score (nSPS) is 52.8. The van der Waals surface area contributed by atoms with Crippen molar-refractivity contribution in [1.82, 2.24) is 0 Å². The molecular formula is C16H28O. The minimum atomic E-state index is -0.312. The van der Waals surface area contributed by atoms with Gasteiger partial charge in [-0.25, -0.2) is 0 Å². The van der Waals surface area contributed by atoms with Crippen molar-refractivity contribution < 1.29 is 5.11 Å². The zero-order valence-electron chi connectivity index (χ0n) is 11.9. The summed E-state index contributed by atoms with van der Waals surface area (Å²) in [6.07, 6.45) is 7.43. The molecule has 2 unspecified atom stereocenters. The molecule has 2 atom stereocenters. The molecule has 0 aliphatic heterocycles. The molecule has 4 rings (SSSR count). The van der Waals surface area contributed by atoms with Crippen LogP contribution in [0.3, 0.4) is 0 Å². The zero-order chi connectivity index (χ0) is 12.5. The fourth-order valence-electron chi connectivity index (χ4n) is 5.82. The summed E-state index contributed by atoms with van der Waals surface area (Å²) in [5, 5.41) is 10.9. The molecule has 4 fully saturated rings. The summed E-state index contributed by atoms with van der Waals surface area (Å²) in [5.41, 5.74) is 0.602. The SMILES string of the molecule is CC(C)C12CC3CC(O)(C1)CC(C(C)C)(C3)C2. The van der Waals surface area contributed by atoms with Gasteiger partial charge >= 0.3 is 0 Å². The second-order valence-corrected chi connectivity index (χ2v) is 8.27. The third-order valence-electron chi connectivity index (χ3n) is 6.57. The second-order valence-electron chi connectivity index (χ2n) is 8.27. The van der Waals surface area contributed by atoms with Crippen molar-refractivity contribution >= 4 is 0 Å². The summed E-state index contributed by atoms with van der Waals surface area (Å²) in [7, 11) is 0. The summed E-state index contributed by atoms with van der Waals surface area (Å²) < 4.78 is 0. The van der Waals surface area contributed by atoms with Crippen LogP contribution in [0, 0.1) is 28.6 Å². The van der Waals surface area contributed by atoms with E-state index in [-0.39, 0.29) is 5.60 Å². The average molecular weight is 236 g/mol. The van der Waals surface area contributed by atoms with Crippen LogP contribution >= 0.6 is 0 Å². The molecule has 4 bridgehead atoms. The third-order valence-corrected chi connectivity index (χ3v) is 6.57. The maximum atomic E-state index is 10.9. The van der Waals surface area contributed by atoms with E-state index < -0.39 is 0 Å². The molecule has 0 saturated heterocycles. The highest BCUT2D eigenvalue weighted by atomic mass is 16.3. The highest BCUT2D eigenvalue weighted by molar-refractivity contribution is 5.14. The molecule has 17 heavy (non-hydrogen) atoms. The van der Waals surface area contributed by atoms with Crippen LogP contribution in [-0.4, -0.2) is 10.7 Å². The largest absolute Gasteiger partial charge is 0.390 e. The highest BCUT2D eigenvalue weighted by Gasteiger charge is 2.64. The molecule has 0 radical (unpaired) electrons. The van der Waals surface area contributed by atoms with E-state index in [9.17, 15) is 5.11 Å². The van der Waals surface area contributed by atoms with Crippen molar-refractivity contribution in [2.24, 2.45) is 28.6 Å². The van der Waals surface area contributed by atoms with Gasteiger partial charge in [-0.05, 0) is 67.1 Å². The van der Waals surface area contributed by atoms with Crippen molar-refractivity contribution in [1.29, 1.82) is 0 Å². The van der Waals surface area contributed by atoms with Gasteiger partial charge in [0.15, 0.2) is 0 Å². The molecule has 98 valence electrons. The fraction of sp³-hybridized carbons (Fsp3) is 1.00. The van der Waals surface area contributed by atoms with Crippen LogP contribution in [0.1, 0.15) is 66.2 Å². The van der Waals surface area contributed by atoms with E-state index >= 15 is 0 Å². The predicted octanol–water partition coefficient (Wildman–Crippen LogP) is 4.00. The number of hydrogen-bond acceptors (Lipinski definition) is 1. The van der Waals surface area contributed by atoms with Gasteiger partial charge in [-0.1, -0.05) is 27.7 Å². The van der Waals surface area contributed by atoms with E-state index in [0.29, 0.717) is 10.8 Å². The van der Waals surface area contributed by atoms with Gasteiger partial charge in [0.2, 0.25) is 0 Å². The Morgan fingerprint density at radius 2 is 1.29 bits per heavy atom. The van der Waals surface area contributed by atoms with E-state index in [1.807, 2.05) is 0 Å². The Morgan fingerprint density at radius 3 is 1.65 bits per heavy atom. The maximum absolute atomic E-state index is 10.9. The molecule has 4 aliphatic carbocycles. The van der Waals surface area contributed by atoms with Gasteiger partial charge in [-0.3, -0.25) is 0 Å². The van der Waals surface area contributed by atoms with E-state index in [2.05, 4.69) is 27.7 Å². The van der Waals surface area contributed by atoms with Crippen LogP contribution < -0.4 is 0 Å². The van der Waals surface area contributed by atoms with Crippen LogP contribution in [0.5, 0.6) is 0 Å². The van der Waals surface area contributed by atoms with Crippen LogP contribution in [0.15, 0.2) is 0 Å². The Labute approximate surface area is 106 Å². The van der Waals surface area contributed by atoms with Crippen LogP contribution in [0.2, 0.25) is 0 Å². The van der Waals surface area contributed by atoms with Crippen molar-refractivity contribution in [3.8, 4) is 0 Å². The van der Waals surface area contributed by atoms with Gasteiger partial charge in [0, 0.05) is 0 Å². The van der Waals surface area contributed by atoms with Crippen molar-refractivity contribution in [3.63, 3.8) is 0 Å². The topological polar surface area (TPSA) is 20.2 Å².